The van der Waals surface area contributed by atoms with Crippen molar-refractivity contribution in [1.82, 2.24) is 9.88 Å². The van der Waals surface area contributed by atoms with Crippen LogP contribution >= 0.6 is 0 Å². The molecule has 0 radical (unpaired) electrons. The van der Waals surface area contributed by atoms with E-state index in [1.807, 2.05) is 24.3 Å². The number of amides is 1. The molecule has 6 rings (SSSR count). The van der Waals surface area contributed by atoms with Crippen LogP contribution in [0.25, 0.3) is 0 Å². The first-order valence-corrected chi connectivity index (χ1v) is 11.4. The smallest absolute Gasteiger partial charge is 0.269 e. The fourth-order valence-electron chi connectivity index (χ4n) is 6.38. The minimum atomic E-state index is -1.15. The molecular formula is C26H22N4O4. The number of nitrogens with one attached hydrogen (secondary N) is 1. The van der Waals surface area contributed by atoms with E-state index < -0.39 is 16.4 Å². The summed E-state index contributed by atoms with van der Waals surface area (Å²) in [5.74, 6) is -1.42. The molecular weight excluding hydrogens is 432 g/mol. The molecule has 0 aliphatic carbocycles. The molecule has 3 aliphatic heterocycles. The van der Waals surface area contributed by atoms with Gasteiger partial charge in [-0.2, -0.15) is 0 Å². The average Bonchev–Trinajstić information content (AvgIpc) is 3.52. The molecule has 170 valence electrons. The summed E-state index contributed by atoms with van der Waals surface area (Å²) in [4.78, 5) is 45.4. The molecule has 3 aliphatic rings. The number of hydrogen-bond donors (Lipinski definition) is 1. The van der Waals surface area contributed by atoms with Crippen molar-refractivity contribution in [2.75, 3.05) is 11.9 Å². The molecule has 1 spiro atoms. The molecule has 1 amide bonds. The summed E-state index contributed by atoms with van der Waals surface area (Å²) in [7, 11) is 0. The van der Waals surface area contributed by atoms with Crippen LogP contribution in [0.5, 0.6) is 0 Å². The minimum Gasteiger partial charge on any atom is -0.324 e. The predicted octanol–water partition coefficient (Wildman–Crippen LogP) is 3.90. The standard InChI is InChI=1S/C26H22N4O4/c31-24(20-8-3-4-14-27-20)23-22(16-10-12-17(13-11-16)30(33)34)21-9-5-15-29(21)26(23)18-6-1-2-7-19(18)28-25(26)32/h1-4,6-8,10-14,21-23H,5,9,15H2,(H,28,32)/t21?,22?,23?,26-/m1/s1. The van der Waals surface area contributed by atoms with Crippen LogP contribution in [0.15, 0.2) is 72.9 Å². The van der Waals surface area contributed by atoms with Crippen LogP contribution in [-0.2, 0) is 10.3 Å². The quantitative estimate of drug-likeness (QED) is 0.364. The van der Waals surface area contributed by atoms with Crippen molar-refractivity contribution in [3.05, 3.63) is 99.9 Å². The van der Waals surface area contributed by atoms with Crippen LogP contribution in [0, 0.1) is 16.0 Å². The number of nitrogens with zero attached hydrogens (tertiary/aromatic N) is 3. The normalized spacial score (nSPS) is 27.4. The largest absolute Gasteiger partial charge is 0.324 e. The third-order valence-corrected chi connectivity index (χ3v) is 7.60. The fraction of sp³-hybridized carbons (Fsp3) is 0.269. The van der Waals surface area contributed by atoms with Crippen molar-refractivity contribution in [2.24, 2.45) is 5.92 Å². The van der Waals surface area contributed by atoms with Gasteiger partial charge in [-0.1, -0.05) is 36.4 Å². The fourth-order valence-corrected chi connectivity index (χ4v) is 6.38. The van der Waals surface area contributed by atoms with E-state index in [1.54, 1.807) is 36.5 Å². The number of carbonyl (C=O) groups excluding carboxylic acids is 2. The van der Waals surface area contributed by atoms with Gasteiger partial charge in [0.25, 0.3) is 5.69 Å². The van der Waals surface area contributed by atoms with E-state index in [2.05, 4.69) is 15.2 Å². The zero-order valence-corrected chi connectivity index (χ0v) is 18.3. The molecule has 2 fully saturated rings. The van der Waals surface area contributed by atoms with Crippen LogP contribution in [0.2, 0.25) is 0 Å². The molecule has 4 heterocycles. The van der Waals surface area contributed by atoms with Gasteiger partial charge in [-0.3, -0.25) is 29.6 Å². The number of aromatic nitrogens is 1. The minimum absolute atomic E-state index is 0.00343. The molecule has 1 N–H and O–H groups in total. The number of non-ortho nitro benzene ring substituents is 1. The van der Waals surface area contributed by atoms with Crippen molar-refractivity contribution in [3.63, 3.8) is 0 Å². The van der Waals surface area contributed by atoms with Crippen LogP contribution in [0.4, 0.5) is 11.4 Å². The maximum Gasteiger partial charge on any atom is 0.269 e. The topological polar surface area (TPSA) is 105 Å². The Balaban J connectivity index is 1.59. The number of hydrogen-bond acceptors (Lipinski definition) is 6. The van der Waals surface area contributed by atoms with Gasteiger partial charge in [-0.25, -0.2) is 0 Å². The summed E-state index contributed by atoms with van der Waals surface area (Å²) in [6.45, 7) is 0.696. The summed E-state index contributed by atoms with van der Waals surface area (Å²) in [5.41, 5.74) is 1.52. The predicted molar refractivity (Wildman–Crippen MR) is 124 cm³/mol. The second-order valence-corrected chi connectivity index (χ2v) is 9.10. The van der Waals surface area contributed by atoms with Gasteiger partial charge >= 0.3 is 0 Å². The Labute approximate surface area is 195 Å². The van der Waals surface area contributed by atoms with Gasteiger partial charge in [0.05, 0.1) is 10.8 Å². The summed E-state index contributed by atoms with van der Waals surface area (Å²) in [6, 6.07) is 19.2. The molecule has 0 bridgehead atoms. The average molecular weight is 454 g/mol. The van der Waals surface area contributed by atoms with E-state index in [0.717, 1.165) is 29.7 Å². The lowest BCUT2D eigenvalue weighted by Crippen LogP contribution is -2.53. The number of nitro benzene ring substituents is 1. The lowest BCUT2D eigenvalue weighted by molar-refractivity contribution is -0.384. The number of rotatable bonds is 4. The zero-order valence-electron chi connectivity index (χ0n) is 18.3. The van der Waals surface area contributed by atoms with Gasteiger partial charge in [0.1, 0.15) is 11.2 Å². The first-order chi connectivity index (χ1) is 16.5. The highest BCUT2D eigenvalue weighted by atomic mass is 16.6. The Kier molecular flexibility index (Phi) is 4.60. The van der Waals surface area contributed by atoms with Gasteiger partial charge in [0.15, 0.2) is 5.78 Å². The van der Waals surface area contributed by atoms with E-state index in [-0.39, 0.29) is 29.3 Å². The van der Waals surface area contributed by atoms with E-state index in [4.69, 9.17) is 0 Å². The number of Topliss-reactive ketones (excluding diaryl/α,β-unsaturated/α-hetero) is 1. The van der Waals surface area contributed by atoms with Crippen molar-refractivity contribution >= 4 is 23.1 Å². The highest BCUT2D eigenvalue weighted by molar-refractivity contribution is 6.12. The number of pyridine rings is 1. The number of anilines is 1. The second kappa shape index (κ2) is 7.56. The number of fused-ring (bicyclic) bond motifs is 4. The van der Waals surface area contributed by atoms with Crippen LogP contribution in [-0.4, -0.2) is 39.1 Å². The summed E-state index contributed by atoms with van der Waals surface area (Å²) >= 11 is 0. The van der Waals surface area contributed by atoms with Gasteiger partial charge in [-0.05, 0) is 43.1 Å². The molecule has 4 atom stereocenters. The molecule has 3 aromatic rings. The highest BCUT2D eigenvalue weighted by Crippen LogP contribution is 2.61. The van der Waals surface area contributed by atoms with Crippen molar-refractivity contribution < 1.29 is 14.5 Å². The van der Waals surface area contributed by atoms with Crippen molar-refractivity contribution in [1.29, 1.82) is 0 Å². The van der Waals surface area contributed by atoms with E-state index >= 15 is 0 Å². The van der Waals surface area contributed by atoms with Crippen molar-refractivity contribution in [2.45, 2.75) is 30.3 Å². The molecule has 2 saturated heterocycles. The highest BCUT2D eigenvalue weighted by Gasteiger charge is 2.69. The first kappa shape index (κ1) is 20.7. The Morgan fingerprint density at radius 3 is 2.59 bits per heavy atom. The molecule has 8 heteroatoms. The second-order valence-electron chi connectivity index (χ2n) is 9.10. The first-order valence-electron chi connectivity index (χ1n) is 11.4. The van der Waals surface area contributed by atoms with Crippen LogP contribution in [0.3, 0.4) is 0 Å². The molecule has 0 saturated carbocycles. The maximum absolute atomic E-state index is 14.2. The zero-order chi connectivity index (χ0) is 23.4. The number of para-hydroxylation sites is 1. The number of carbonyl (C=O) groups is 2. The molecule has 3 unspecified atom stereocenters. The molecule has 2 aromatic carbocycles. The van der Waals surface area contributed by atoms with E-state index in [1.165, 1.54) is 12.1 Å². The Bertz CT molecular complexity index is 1310. The van der Waals surface area contributed by atoms with E-state index in [0.29, 0.717) is 12.2 Å². The Morgan fingerprint density at radius 2 is 1.85 bits per heavy atom. The summed E-state index contributed by atoms with van der Waals surface area (Å²) < 4.78 is 0. The van der Waals surface area contributed by atoms with E-state index in [9.17, 15) is 19.7 Å². The lowest BCUT2D eigenvalue weighted by atomic mass is 9.69. The molecule has 34 heavy (non-hydrogen) atoms. The summed E-state index contributed by atoms with van der Waals surface area (Å²) in [6.07, 6.45) is 3.33. The van der Waals surface area contributed by atoms with Gasteiger partial charge < -0.3 is 5.32 Å². The number of nitro groups is 1. The maximum atomic E-state index is 14.2. The van der Waals surface area contributed by atoms with Crippen molar-refractivity contribution in [3.8, 4) is 0 Å². The lowest BCUT2D eigenvalue weighted by Gasteiger charge is -2.36. The Hall–Kier alpha value is -3.91. The van der Waals surface area contributed by atoms with Gasteiger partial charge in [0, 0.05) is 41.5 Å². The Morgan fingerprint density at radius 1 is 1.09 bits per heavy atom. The number of benzene rings is 2. The SMILES string of the molecule is O=C(c1ccccn1)C1C(c2ccc([N+](=O)[O-])cc2)C2CCCN2[C@@]12C(=O)Nc1ccccc12. The molecule has 1 aromatic heterocycles. The van der Waals surface area contributed by atoms with Crippen LogP contribution in [0.1, 0.15) is 40.4 Å². The number of ketones is 1. The van der Waals surface area contributed by atoms with Gasteiger partial charge in [0.2, 0.25) is 5.91 Å². The summed E-state index contributed by atoms with van der Waals surface area (Å²) in [5, 5.41) is 14.3. The molecule has 8 nitrogen and oxygen atoms in total. The monoisotopic (exact) mass is 454 g/mol. The third kappa shape index (κ3) is 2.72. The van der Waals surface area contributed by atoms with Gasteiger partial charge in [-0.15, -0.1) is 0 Å². The third-order valence-electron chi connectivity index (χ3n) is 7.60. The van der Waals surface area contributed by atoms with Crippen LogP contribution < -0.4 is 5.32 Å².